The molecule has 0 aromatic heterocycles. The highest BCUT2D eigenvalue weighted by Gasteiger charge is 2.18. The van der Waals surface area contributed by atoms with Crippen molar-refractivity contribution in [2.24, 2.45) is 0 Å². The van der Waals surface area contributed by atoms with Crippen LogP contribution in [0.1, 0.15) is 18.1 Å². The van der Waals surface area contributed by atoms with Crippen molar-refractivity contribution in [2.45, 2.75) is 20.8 Å². The van der Waals surface area contributed by atoms with Crippen molar-refractivity contribution in [1.82, 2.24) is 0 Å². The molecule has 31 heavy (non-hydrogen) atoms. The van der Waals surface area contributed by atoms with Gasteiger partial charge in [0.25, 0.3) is 0 Å². The van der Waals surface area contributed by atoms with Crippen molar-refractivity contribution in [2.75, 3.05) is 25.2 Å². The van der Waals surface area contributed by atoms with Crippen molar-refractivity contribution >= 4 is 17.3 Å². The molecule has 0 radical (unpaired) electrons. The van der Waals surface area contributed by atoms with Crippen LogP contribution in [0.25, 0.3) is 11.1 Å². The highest BCUT2D eigenvalue weighted by Crippen LogP contribution is 2.37. The molecule has 0 amide bonds. The molecule has 3 aromatic carbocycles. The molecule has 3 aromatic rings. The van der Waals surface area contributed by atoms with E-state index in [0.29, 0.717) is 22.6 Å². The number of aryl methyl sites for hydroxylation is 1. The average molecular weight is 425 g/mol. The van der Waals surface area contributed by atoms with E-state index in [0.717, 1.165) is 16.8 Å². The fourth-order valence-corrected chi connectivity index (χ4v) is 3.57. The van der Waals surface area contributed by atoms with Gasteiger partial charge in [-0.15, -0.1) is 0 Å². The van der Waals surface area contributed by atoms with E-state index >= 15 is 0 Å². The summed E-state index contributed by atoms with van der Waals surface area (Å²) in [6.07, 6.45) is 0. The third kappa shape index (κ3) is 5.02. The summed E-state index contributed by atoms with van der Waals surface area (Å²) in [5.74, 6) is -0.692. The molecule has 0 unspecified atom stereocenters. The minimum absolute atomic E-state index is 0.204. The first kappa shape index (κ1) is 22.3. The van der Waals surface area contributed by atoms with E-state index in [1.54, 1.807) is 49.2 Å². The maximum absolute atomic E-state index is 14.8. The van der Waals surface area contributed by atoms with Gasteiger partial charge in [-0.25, -0.2) is 13.6 Å². The number of carbonyl (C=O) groups excluding carboxylic acids is 1. The maximum Gasteiger partial charge on any atom is 0.344 e. The number of anilines is 2. The Morgan fingerprint density at radius 1 is 1.00 bits per heavy atom. The predicted octanol–water partition coefficient (Wildman–Crippen LogP) is 5.96. The summed E-state index contributed by atoms with van der Waals surface area (Å²) >= 11 is 0. The van der Waals surface area contributed by atoms with Crippen LogP contribution in [0, 0.1) is 25.5 Å². The largest absolute Gasteiger partial charge is 0.482 e. The summed E-state index contributed by atoms with van der Waals surface area (Å²) in [7, 11) is 1.76. The van der Waals surface area contributed by atoms with Gasteiger partial charge >= 0.3 is 5.97 Å². The Hall–Kier alpha value is -3.41. The lowest BCUT2D eigenvalue weighted by Crippen LogP contribution is -2.17. The first-order chi connectivity index (χ1) is 14.8. The Labute approximate surface area is 181 Å². The van der Waals surface area contributed by atoms with Crippen molar-refractivity contribution < 1.29 is 23.0 Å². The number of halogens is 2. The molecule has 0 aliphatic heterocycles. The summed E-state index contributed by atoms with van der Waals surface area (Å²) < 4.78 is 39.0. The summed E-state index contributed by atoms with van der Waals surface area (Å²) in [6.45, 7) is 5.58. The van der Waals surface area contributed by atoms with Crippen LogP contribution in [-0.4, -0.2) is 26.2 Å². The molecule has 0 saturated heterocycles. The molecule has 0 atom stereocenters. The van der Waals surface area contributed by atoms with Crippen molar-refractivity contribution in [3.63, 3.8) is 0 Å². The SMILES string of the molecule is CCOC(=O)COc1ccc(C)c(N(C)c2cc(-c3cccc(F)c3)ccc2F)c1C. The number of carbonyl (C=O) groups is 1. The predicted molar refractivity (Wildman–Crippen MR) is 118 cm³/mol. The lowest BCUT2D eigenvalue weighted by Gasteiger charge is -2.26. The molecule has 0 aliphatic rings. The van der Waals surface area contributed by atoms with Gasteiger partial charge in [-0.1, -0.05) is 24.3 Å². The third-order valence-electron chi connectivity index (χ3n) is 5.03. The van der Waals surface area contributed by atoms with Crippen LogP contribution in [0.3, 0.4) is 0 Å². The first-order valence-corrected chi connectivity index (χ1v) is 9.99. The normalized spacial score (nSPS) is 10.6. The summed E-state index contributed by atoms with van der Waals surface area (Å²) in [6, 6.07) is 14.5. The molecule has 162 valence electrons. The van der Waals surface area contributed by atoms with Crippen LogP contribution in [0.15, 0.2) is 54.6 Å². The zero-order chi connectivity index (χ0) is 22.5. The second-order valence-corrected chi connectivity index (χ2v) is 7.18. The van der Waals surface area contributed by atoms with Gasteiger partial charge in [-0.3, -0.25) is 0 Å². The summed E-state index contributed by atoms with van der Waals surface area (Å²) in [5.41, 5.74) is 4.15. The Kier molecular flexibility index (Phi) is 6.90. The zero-order valence-electron chi connectivity index (χ0n) is 18.0. The smallest absolute Gasteiger partial charge is 0.344 e. The molecule has 0 heterocycles. The number of benzene rings is 3. The molecule has 6 heteroatoms. The third-order valence-corrected chi connectivity index (χ3v) is 5.03. The van der Waals surface area contributed by atoms with Gasteiger partial charge in [0, 0.05) is 12.6 Å². The Morgan fingerprint density at radius 3 is 2.45 bits per heavy atom. The van der Waals surface area contributed by atoms with Gasteiger partial charge in [0.05, 0.1) is 18.0 Å². The second kappa shape index (κ2) is 9.60. The number of hydrogen-bond acceptors (Lipinski definition) is 4. The maximum atomic E-state index is 14.8. The van der Waals surface area contributed by atoms with Gasteiger partial charge in [0.2, 0.25) is 0 Å². The Bertz CT molecular complexity index is 1100. The zero-order valence-corrected chi connectivity index (χ0v) is 18.0. The van der Waals surface area contributed by atoms with E-state index in [2.05, 4.69) is 0 Å². The van der Waals surface area contributed by atoms with E-state index in [-0.39, 0.29) is 19.0 Å². The minimum atomic E-state index is -0.453. The van der Waals surface area contributed by atoms with E-state index in [1.807, 2.05) is 19.9 Å². The Balaban J connectivity index is 1.97. The average Bonchev–Trinajstić information content (AvgIpc) is 2.73. The van der Waals surface area contributed by atoms with Crippen LogP contribution in [0.4, 0.5) is 20.2 Å². The highest BCUT2D eigenvalue weighted by atomic mass is 19.1. The van der Waals surface area contributed by atoms with Crippen LogP contribution >= 0.6 is 0 Å². The van der Waals surface area contributed by atoms with E-state index in [4.69, 9.17) is 9.47 Å². The van der Waals surface area contributed by atoms with Crippen LogP contribution in [0.2, 0.25) is 0 Å². The fraction of sp³-hybridized carbons (Fsp3) is 0.240. The lowest BCUT2D eigenvalue weighted by atomic mass is 10.0. The van der Waals surface area contributed by atoms with E-state index < -0.39 is 11.8 Å². The highest BCUT2D eigenvalue weighted by molar-refractivity contribution is 5.76. The van der Waals surface area contributed by atoms with E-state index in [9.17, 15) is 13.6 Å². The van der Waals surface area contributed by atoms with E-state index in [1.165, 1.54) is 18.2 Å². The van der Waals surface area contributed by atoms with Crippen LogP contribution in [-0.2, 0) is 9.53 Å². The quantitative estimate of drug-likeness (QED) is 0.438. The summed E-state index contributed by atoms with van der Waals surface area (Å²) in [4.78, 5) is 13.4. The molecule has 0 N–H and O–H groups in total. The van der Waals surface area contributed by atoms with Crippen molar-refractivity contribution in [3.8, 4) is 16.9 Å². The molecule has 4 nitrogen and oxygen atoms in total. The first-order valence-electron chi connectivity index (χ1n) is 9.99. The topological polar surface area (TPSA) is 38.8 Å². The molecular formula is C25H25F2NO3. The molecule has 0 fully saturated rings. The monoisotopic (exact) mass is 425 g/mol. The van der Waals surface area contributed by atoms with Gasteiger partial charge in [-0.05, 0) is 67.8 Å². The second-order valence-electron chi connectivity index (χ2n) is 7.18. The molecule has 0 saturated carbocycles. The number of rotatable bonds is 7. The Morgan fingerprint density at radius 2 is 1.74 bits per heavy atom. The van der Waals surface area contributed by atoms with Crippen LogP contribution in [0.5, 0.6) is 5.75 Å². The van der Waals surface area contributed by atoms with Gasteiger partial charge in [0.15, 0.2) is 6.61 Å². The molecular weight excluding hydrogens is 400 g/mol. The minimum Gasteiger partial charge on any atom is -0.482 e. The standard InChI is InChI=1S/C25H25F2NO3/c1-5-30-24(29)15-31-23-12-9-16(2)25(17(23)3)28(4)22-14-19(10-11-21(22)27)18-7-6-8-20(26)13-18/h6-14H,5,15H2,1-4H3. The van der Waals surface area contributed by atoms with Gasteiger partial charge in [-0.2, -0.15) is 0 Å². The van der Waals surface area contributed by atoms with Crippen LogP contribution < -0.4 is 9.64 Å². The van der Waals surface area contributed by atoms with Gasteiger partial charge in [0.1, 0.15) is 17.4 Å². The molecule has 0 bridgehead atoms. The van der Waals surface area contributed by atoms with Crippen molar-refractivity contribution in [1.29, 1.82) is 0 Å². The number of esters is 1. The van der Waals surface area contributed by atoms with Crippen molar-refractivity contribution in [3.05, 3.63) is 77.4 Å². The lowest BCUT2D eigenvalue weighted by molar-refractivity contribution is -0.145. The summed E-state index contributed by atoms with van der Waals surface area (Å²) in [5, 5.41) is 0. The molecule has 0 spiro atoms. The number of nitrogens with zero attached hydrogens (tertiary/aromatic N) is 1. The van der Waals surface area contributed by atoms with Gasteiger partial charge < -0.3 is 14.4 Å². The number of ether oxygens (including phenoxy) is 2. The molecule has 3 rings (SSSR count). The number of hydrogen-bond donors (Lipinski definition) is 0. The fourth-order valence-electron chi connectivity index (χ4n) is 3.57. The molecule has 0 aliphatic carbocycles.